The molecule has 1 aliphatic heterocycles. The molecule has 122 valence electrons. The second kappa shape index (κ2) is 6.61. The second-order valence-electron chi connectivity index (χ2n) is 6.91. The first-order valence-corrected chi connectivity index (χ1v) is 8.02. The van der Waals surface area contributed by atoms with Crippen LogP contribution in [0.3, 0.4) is 0 Å². The van der Waals surface area contributed by atoms with Crippen LogP contribution in [0.4, 0.5) is 0 Å². The Morgan fingerprint density at radius 2 is 1.77 bits per heavy atom. The fourth-order valence-electron chi connectivity index (χ4n) is 2.21. The molecule has 5 heteroatoms. The summed E-state index contributed by atoms with van der Waals surface area (Å²) in [5, 5.41) is 0. The minimum absolute atomic E-state index is 0.321. The summed E-state index contributed by atoms with van der Waals surface area (Å²) in [5.74, 6) is 0.858. The van der Waals surface area contributed by atoms with Gasteiger partial charge in [-0.15, -0.1) is 0 Å². The van der Waals surface area contributed by atoms with Crippen molar-refractivity contribution >= 4 is 12.6 Å². The molecule has 1 aromatic carbocycles. The van der Waals surface area contributed by atoms with Gasteiger partial charge in [-0.2, -0.15) is 0 Å². The van der Waals surface area contributed by atoms with Gasteiger partial charge in [-0.25, -0.2) is 0 Å². The molecule has 2 rings (SSSR count). The van der Waals surface area contributed by atoms with Crippen molar-refractivity contribution in [2.75, 3.05) is 26.7 Å². The molecule has 1 heterocycles. The van der Waals surface area contributed by atoms with Crippen LogP contribution in [0.1, 0.15) is 34.6 Å². The van der Waals surface area contributed by atoms with Crippen molar-refractivity contribution in [2.45, 2.75) is 45.8 Å². The van der Waals surface area contributed by atoms with E-state index in [2.05, 4.69) is 46.6 Å². The van der Waals surface area contributed by atoms with Crippen LogP contribution < -0.4 is 10.2 Å². The van der Waals surface area contributed by atoms with Crippen LogP contribution in [-0.4, -0.2) is 50.0 Å². The number of nitrogens with zero attached hydrogens (tertiary/aromatic N) is 1. The summed E-state index contributed by atoms with van der Waals surface area (Å²) < 4.78 is 18.0. The molecule has 0 bridgehead atoms. The van der Waals surface area contributed by atoms with Crippen LogP contribution in [-0.2, 0) is 9.31 Å². The lowest BCUT2D eigenvalue weighted by molar-refractivity contribution is 0.00578. The molecule has 0 unspecified atom stereocenters. The minimum Gasteiger partial charge on any atom is -0.492 e. The lowest BCUT2D eigenvalue weighted by Crippen LogP contribution is -2.41. The molecule has 1 saturated heterocycles. The second-order valence-corrected chi connectivity index (χ2v) is 6.91. The Morgan fingerprint density at radius 3 is 2.36 bits per heavy atom. The van der Waals surface area contributed by atoms with Crippen LogP contribution in [0.15, 0.2) is 24.3 Å². The van der Waals surface area contributed by atoms with E-state index >= 15 is 0 Å². The topological polar surface area (TPSA) is 30.9 Å². The zero-order valence-corrected chi connectivity index (χ0v) is 14.7. The van der Waals surface area contributed by atoms with Gasteiger partial charge in [0, 0.05) is 6.54 Å². The van der Waals surface area contributed by atoms with E-state index in [-0.39, 0.29) is 18.3 Å². The average molecular weight is 305 g/mol. The summed E-state index contributed by atoms with van der Waals surface area (Å²) >= 11 is 0. The van der Waals surface area contributed by atoms with Gasteiger partial charge in [0.2, 0.25) is 0 Å². The van der Waals surface area contributed by atoms with E-state index in [0.717, 1.165) is 24.3 Å². The zero-order valence-electron chi connectivity index (χ0n) is 14.7. The SMILES string of the molecule is CCN(C)CCOc1cccc(B2OC(C)(C)C(C)(C)O2)c1. The highest BCUT2D eigenvalue weighted by atomic mass is 16.7. The van der Waals surface area contributed by atoms with Gasteiger partial charge in [-0.3, -0.25) is 0 Å². The van der Waals surface area contributed by atoms with E-state index < -0.39 is 0 Å². The smallest absolute Gasteiger partial charge is 0.492 e. The van der Waals surface area contributed by atoms with E-state index in [0.29, 0.717) is 6.61 Å². The number of hydrogen-bond acceptors (Lipinski definition) is 4. The van der Waals surface area contributed by atoms with Crippen molar-refractivity contribution in [3.63, 3.8) is 0 Å². The van der Waals surface area contributed by atoms with Crippen LogP contribution in [0.25, 0.3) is 0 Å². The Bertz CT molecular complexity index is 488. The zero-order chi connectivity index (χ0) is 16.4. The maximum Gasteiger partial charge on any atom is 0.494 e. The molecule has 22 heavy (non-hydrogen) atoms. The number of hydrogen-bond donors (Lipinski definition) is 0. The van der Waals surface area contributed by atoms with Crippen molar-refractivity contribution in [3.8, 4) is 5.75 Å². The molecule has 0 saturated carbocycles. The Hall–Kier alpha value is -1.04. The van der Waals surface area contributed by atoms with E-state index in [4.69, 9.17) is 14.0 Å². The lowest BCUT2D eigenvalue weighted by atomic mass is 9.79. The number of likely N-dealkylation sites (N-methyl/N-ethyl adjacent to an activating group) is 1. The van der Waals surface area contributed by atoms with E-state index in [1.54, 1.807) is 0 Å². The molecule has 0 aromatic heterocycles. The Morgan fingerprint density at radius 1 is 1.14 bits per heavy atom. The van der Waals surface area contributed by atoms with Gasteiger partial charge in [0.05, 0.1) is 11.2 Å². The third-order valence-electron chi connectivity index (χ3n) is 4.67. The molecular weight excluding hydrogens is 277 g/mol. The lowest BCUT2D eigenvalue weighted by Gasteiger charge is -2.32. The van der Waals surface area contributed by atoms with Crippen LogP contribution >= 0.6 is 0 Å². The van der Waals surface area contributed by atoms with Gasteiger partial charge in [0.15, 0.2) is 0 Å². The van der Waals surface area contributed by atoms with Gasteiger partial charge >= 0.3 is 7.12 Å². The van der Waals surface area contributed by atoms with E-state index in [1.165, 1.54) is 0 Å². The van der Waals surface area contributed by atoms with Gasteiger partial charge in [-0.05, 0) is 58.9 Å². The molecule has 1 aromatic rings. The monoisotopic (exact) mass is 305 g/mol. The summed E-state index contributed by atoms with van der Waals surface area (Å²) in [6.07, 6.45) is 0. The molecule has 0 aliphatic carbocycles. The molecular formula is C17H28BNO3. The predicted octanol–water partition coefficient (Wildman–Crippen LogP) is 2.32. The van der Waals surface area contributed by atoms with E-state index in [9.17, 15) is 0 Å². The molecule has 1 fully saturated rings. The first-order chi connectivity index (χ1) is 10.2. The largest absolute Gasteiger partial charge is 0.494 e. The third kappa shape index (κ3) is 3.83. The fraction of sp³-hybridized carbons (Fsp3) is 0.647. The fourth-order valence-corrected chi connectivity index (χ4v) is 2.21. The molecule has 0 spiro atoms. The first kappa shape index (κ1) is 17.3. The van der Waals surface area contributed by atoms with Crippen molar-refractivity contribution in [2.24, 2.45) is 0 Å². The van der Waals surface area contributed by atoms with E-state index in [1.807, 2.05) is 24.3 Å². The summed E-state index contributed by atoms with van der Waals surface area (Å²) in [5.41, 5.74) is 0.358. The summed E-state index contributed by atoms with van der Waals surface area (Å²) in [6.45, 7) is 13.0. The Labute approximate surface area is 134 Å². The van der Waals surface area contributed by atoms with Gasteiger partial charge < -0.3 is 18.9 Å². The molecule has 0 amide bonds. The predicted molar refractivity (Wildman–Crippen MR) is 90.8 cm³/mol. The van der Waals surface area contributed by atoms with Crippen molar-refractivity contribution in [1.82, 2.24) is 4.90 Å². The highest BCUT2D eigenvalue weighted by Crippen LogP contribution is 2.36. The first-order valence-electron chi connectivity index (χ1n) is 8.02. The summed E-state index contributed by atoms with van der Waals surface area (Å²) in [6, 6.07) is 7.99. The maximum atomic E-state index is 6.08. The van der Waals surface area contributed by atoms with Crippen LogP contribution in [0.5, 0.6) is 5.75 Å². The minimum atomic E-state index is -0.341. The number of ether oxygens (including phenoxy) is 1. The van der Waals surface area contributed by atoms with Gasteiger partial charge in [0.1, 0.15) is 12.4 Å². The molecule has 4 nitrogen and oxygen atoms in total. The molecule has 0 N–H and O–H groups in total. The van der Waals surface area contributed by atoms with Crippen LogP contribution in [0, 0.1) is 0 Å². The summed E-state index contributed by atoms with van der Waals surface area (Å²) in [4.78, 5) is 2.22. The van der Waals surface area contributed by atoms with Crippen LogP contribution in [0.2, 0.25) is 0 Å². The quantitative estimate of drug-likeness (QED) is 0.755. The van der Waals surface area contributed by atoms with Crippen molar-refractivity contribution in [1.29, 1.82) is 0 Å². The summed E-state index contributed by atoms with van der Waals surface area (Å²) in [7, 11) is 1.75. The number of rotatable bonds is 6. The number of benzene rings is 1. The van der Waals surface area contributed by atoms with Crippen molar-refractivity contribution < 1.29 is 14.0 Å². The Kier molecular flexibility index (Phi) is 5.20. The Balaban J connectivity index is 2.00. The van der Waals surface area contributed by atoms with Gasteiger partial charge in [-0.1, -0.05) is 19.1 Å². The van der Waals surface area contributed by atoms with Crippen molar-refractivity contribution in [3.05, 3.63) is 24.3 Å². The molecule has 0 atom stereocenters. The highest BCUT2D eigenvalue weighted by Gasteiger charge is 2.51. The molecule has 0 radical (unpaired) electrons. The highest BCUT2D eigenvalue weighted by molar-refractivity contribution is 6.62. The third-order valence-corrected chi connectivity index (χ3v) is 4.67. The maximum absolute atomic E-state index is 6.08. The normalized spacial score (nSPS) is 19.7. The average Bonchev–Trinajstić information content (AvgIpc) is 2.67. The molecule has 1 aliphatic rings. The standard InChI is InChI=1S/C17H28BNO3/c1-7-19(6)11-12-20-15-10-8-9-14(13-15)18-21-16(2,3)17(4,5)22-18/h8-10,13H,7,11-12H2,1-6H3. The van der Waals surface area contributed by atoms with Gasteiger partial charge in [0.25, 0.3) is 0 Å².